The number of aliphatic hydroxyl groups excluding tert-OH is 1. The van der Waals surface area contributed by atoms with Crippen molar-refractivity contribution in [3.05, 3.63) is 46.2 Å². The number of ketones is 1. The Labute approximate surface area is 146 Å². The lowest BCUT2D eigenvalue weighted by molar-refractivity contribution is -0.116. The highest BCUT2D eigenvalue weighted by Crippen LogP contribution is 2.36. The Balaban J connectivity index is 1.59. The van der Waals surface area contributed by atoms with Crippen LogP contribution in [0.3, 0.4) is 0 Å². The van der Waals surface area contributed by atoms with Gasteiger partial charge in [-0.3, -0.25) is 9.79 Å². The van der Waals surface area contributed by atoms with Crippen molar-refractivity contribution in [3.8, 4) is 0 Å². The van der Waals surface area contributed by atoms with Gasteiger partial charge in [0.25, 0.3) is 0 Å². The molecule has 1 saturated carbocycles. The Bertz CT molecular complexity index is 741. The number of amidine groups is 1. The summed E-state index contributed by atoms with van der Waals surface area (Å²) in [4.78, 5) is 17.4. The van der Waals surface area contributed by atoms with Crippen LogP contribution in [0.15, 0.2) is 40.6 Å². The van der Waals surface area contributed by atoms with Gasteiger partial charge >= 0.3 is 0 Å². The molecule has 0 saturated heterocycles. The molecule has 126 valence electrons. The number of carbonyl (C=O) groups excluding carboxylic acids is 1. The van der Waals surface area contributed by atoms with Crippen molar-refractivity contribution in [2.75, 3.05) is 0 Å². The third kappa shape index (κ3) is 2.84. The molecule has 1 aromatic carbocycles. The van der Waals surface area contributed by atoms with E-state index in [0.29, 0.717) is 35.3 Å². The van der Waals surface area contributed by atoms with Crippen LogP contribution in [0.25, 0.3) is 0 Å². The van der Waals surface area contributed by atoms with Gasteiger partial charge in [-0.25, -0.2) is 0 Å². The van der Waals surface area contributed by atoms with Crippen molar-refractivity contribution >= 4 is 23.2 Å². The van der Waals surface area contributed by atoms with Gasteiger partial charge in [-0.2, -0.15) is 0 Å². The molecular weight excluding hydrogens is 324 g/mol. The van der Waals surface area contributed by atoms with E-state index >= 15 is 0 Å². The number of Topliss-reactive ketones (excluding diaryl/α,β-unsaturated/α-hetero) is 1. The first kappa shape index (κ1) is 15.7. The summed E-state index contributed by atoms with van der Waals surface area (Å²) in [5.74, 6) is 0.706. The van der Waals surface area contributed by atoms with E-state index in [4.69, 9.17) is 16.6 Å². The van der Waals surface area contributed by atoms with E-state index in [1.54, 1.807) is 0 Å². The number of rotatable bonds is 2. The summed E-state index contributed by atoms with van der Waals surface area (Å²) in [5, 5.41) is 14.6. The van der Waals surface area contributed by atoms with E-state index in [-0.39, 0.29) is 23.5 Å². The first-order chi connectivity index (χ1) is 11.6. The maximum Gasteiger partial charge on any atom is 0.170 e. The van der Waals surface area contributed by atoms with Crippen molar-refractivity contribution in [1.82, 2.24) is 5.32 Å². The average Bonchev–Trinajstić information content (AvgIpc) is 2.97. The number of nitrogens with zero attached hydrogens (tertiary/aromatic N) is 1. The van der Waals surface area contributed by atoms with E-state index < -0.39 is 0 Å². The monoisotopic (exact) mass is 344 g/mol. The van der Waals surface area contributed by atoms with Crippen molar-refractivity contribution in [3.63, 3.8) is 0 Å². The lowest BCUT2D eigenvalue weighted by Gasteiger charge is -2.25. The third-order valence-electron chi connectivity index (χ3n) is 5.34. The van der Waals surface area contributed by atoms with Gasteiger partial charge in [0.05, 0.1) is 11.6 Å². The predicted molar refractivity (Wildman–Crippen MR) is 94.7 cm³/mol. The molecule has 24 heavy (non-hydrogen) atoms. The maximum atomic E-state index is 12.7. The number of hydrogen-bond acceptors (Lipinski definition) is 4. The fraction of sp³-hybridized carbons (Fsp3) is 0.474. The van der Waals surface area contributed by atoms with Crippen LogP contribution in [0.1, 0.15) is 50.0 Å². The summed E-state index contributed by atoms with van der Waals surface area (Å²) >= 11 is 6.05. The number of fused-ring (bicyclic) bond motifs is 1. The highest BCUT2D eigenvalue weighted by molar-refractivity contribution is 6.30. The highest BCUT2D eigenvalue weighted by Gasteiger charge is 2.37. The molecule has 1 aromatic rings. The number of hydrogen-bond donors (Lipinski definition) is 2. The molecule has 0 aromatic heterocycles. The van der Waals surface area contributed by atoms with Crippen LogP contribution in [0.4, 0.5) is 0 Å². The van der Waals surface area contributed by atoms with Crippen molar-refractivity contribution in [1.29, 1.82) is 0 Å². The summed E-state index contributed by atoms with van der Waals surface area (Å²) < 4.78 is 0. The number of allylic oxidation sites excluding steroid dienone is 1. The molecule has 1 fully saturated rings. The number of halogens is 1. The Morgan fingerprint density at radius 2 is 2.04 bits per heavy atom. The standard InChI is InChI=1S/C19H21ClN2O2/c20-13-5-3-4-11(8-13)12-9-16(23)18(17(24)10-12)19-21-14-6-1-2-7-15(14)22-19/h3-5,8,12,14-15,23H,1-2,6-7,9-10H2,(H,21,22). The van der Waals surface area contributed by atoms with Crippen LogP contribution in [-0.4, -0.2) is 28.8 Å². The third-order valence-corrected chi connectivity index (χ3v) is 5.58. The molecule has 5 heteroatoms. The second kappa shape index (κ2) is 6.25. The molecule has 0 amide bonds. The molecule has 3 unspecified atom stereocenters. The van der Waals surface area contributed by atoms with E-state index in [9.17, 15) is 9.90 Å². The molecule has 2 N–H and O–H groups in total. The molecule has 2 aliphatic carbocycles. The van der Waals surface area contributed by atoms with Gasteiger partial charge < -0.3 is 10.4 Å². The summed E-state index contributed by atoms with van der Waals surface area (Å²) in [5.41, 5.74) is 1.40. The summed E-state index contributed by atoms with van der Waals surface area (Å²) in [7, 11) is 0. The van der Waals surface area contributed by atoms with Crippen LogP contribution >= 0.6 is 11.6 Å². The van der Waals surface area contributed by atoms with Crippen LogP contribution < -0.4 is 5.32 Å². The lowest BCUT2D eigenvalue weighted by atomic mass is 9.82. The number of aliphatic hydroxyl groups is 1. The van der Waals surface area contributed by atoms with E-state index in [1.165, 1.54) is 12.8 Å². The zero-order valence-electron chi connectivity index (χ0n) is 13.5. The largest absolute Gasteiger partial charge is 0.511 e. The first-order valence-corrected chi connectivity index (χ1v) is 9.05. The second-order valence-corrected chi connectivity index (χ2v) is 7.42. The topological polar surface area (TPSA) is 61.7 Å². The van der Waals surface area contributed by atoms with E-state index in [1.807, 2.05) is 24.3 Å². The van der Waals surface area contributed by atoms with Crippen LogP contribution in [0.2, 0.25) is 5.02 Å². The fourth-order valence-corrected chi connectivity index (χ4v) is 4.31. The molecular formula is C19H21ClN2O2. The number of nitrogens with one attached hydrogen (secondary N) is 1. The van der Waals surface area contributed by atoms with Gasteiger partial charge in [-0.1, -0.05) is 36.6 Å². The molecule has 0 spiro atoms. The molecule has 3 aliphatic rings. The van der Waals surface area contributed by atoms with Gasteiger partial charge in [-0.15, -0.1) is 0 Å². The fourth-order valence-electron chi connectivity index (χ4n) is 4.11. The molecule has 0 radical (unpaired) electrons. The number of carbonyl (C=O) groups is 1. The van der Waals surface area contributed by atoms with Crippen molar-refractivity contribution < 1.29 is 9.90 Å². The summed E-state index contributed by atoms with van der Waals surface area (Å²) in [6.45, 7) is 0. The lowest BCUT2D eigenvalue weighted by Crippen LogP contribution is -2.39. The van der Waals surface area contributed by atoms with Gasteiger partial charge in [0.15, 0.2) is 5.78 Å². The molecule has 1 aliphatic heterocycles. The van der Waals surface area contributed by atoms with Crippen molar-refractivity contribution in [2.24, 2.45) is 4.99 Å². The van der Waals surface area contributed by atoms with Crippen LogP contribution in [-0.2, 0) is 4.79 Å². The number of aliphatic imine (C=N–C) groups is 1. The minimum Gasteiger partial charge on any atom is -0.511 e. The Morgan fingerprint density at radius 3 is 2.79 bits per heavy atom. The first-order valence-electron chi connectivity index (χ1n) is 8.67. The molecule has 1 heterocycles. The zero-order chi connectivity index (χ0) is 16.7. The minimum atomic E-state index is -0.0337. The van der Waals surface area contributed by atoms with Gasteiger partial charge in [-0.05, 0) is 36.5 Å². The van der Waals surface area contributed by atoms with Crippen LogP contribution in [0, 0.1) is 0 Å². The molecule has 4 rings (SSSR count). The smallest absolute Gasteiger partial charge is 0.170 e. The quantitative estimate of drug-likeness (QED) is 0.855. The zero-order valence-corrected chi connectivity index (χ0v) is 14.2. The van der Waals surface area contributed by atoms with Gasteiger partial charge in [0.1, 0.15) is 11.6 Å². The second-order valence-electron chi connectivity index (χ2n) is 6.99. The minimum absolute atomic E-state index is 0.0239. The molecule has 4 nitrogen and oxygen atoms in total. The Morgan fingerprint density at radius 1 is 1.21 bits per heavy atom. The van der Waals surface area contributed by atoms with E-state index in [0.717, 1.165) is 18.4 Å². The highest BCUT2D eigenvalue weighted by atomic mass is 35.5. The van der Waals surface area contributed by atoms with Crippen LogP contribution in [0.5, 0.6) is 0 Å². The summed E-state index contributed by atoms with van der Waals surface area (Å²) in [6, 6.07) is 8.11. The predicted octanol–water partition coefficient (Wildman–Crippen LogP) is 3.91. The van der Waals surface area contributed by atoms with Gasteiger partial charge in [0.2, 0.25) is 0 Å². The molecule has 3 atom stereocenters. The Kier molecular flexibility index (Phi) is 4.09. The Hall–Kier alpha value is -1.81. The van der Waals surface area contributed by atoms with Crippen molar-refractivity contribution in [2.45, 2.75) is 56.5 Å². The molecule has 0 bridgehead atoms. The van der Waals surface area contributed by atoms with E-state index in [2.05, 4.69) is 5.32 Å². The van der Waals surface area contributed by atoms with Gasteiger partial charge in [0, 0.05) is 23.9 Å². The SMILES string of the molecule is O=C1CC(c2cccc(Cl)c2)CC(O)=C1C1=NC2CCCCC2N1. The average molecular weight is 345 g/mol. The summed E-state index contributed by atoms with van der Waals surface area (Å²) in [6.07, 6.45) is 5.38. The maximum absolute atomic E-state index is 12.7. The number of benzene rings is 1. The normalized spacial score (nSPS) is 30.0.